The normalized spacial score (nSPS) is 11.7. The second-order valence-corrected chi connectivity index (χ2v) is 6.74. The molecule has 0 amide bonds. The number of ether oxygens (including phenoxy) is 1. The Bertz CT molecular complexity index is 883. The Balaban J connectivity index is 1.46. The first-order valence-electron chi connectivity index (χ1n) is 9.10. The topological polar surface area (TPSA) is 62.9 Å². The first-order valence-corrected chi connectivity index (χ1v) is 9.10. The van der Waals surface area contributed by atoms with E-state index in [1.807, 2.05) is 49.1 Å². The Labute approximate surface area is 160 Å². The molecule has 0 bridgehead atoms. The minimum atomic E-state index is 0.453. The van der Waals surface area contributed by atoms with Gasteiger partial charge in [-0.1, -0.05) is 31.2 Å². The Morgan fingerprint density at radius 2 is 2.04 bits per heavy atom. The van der Waals surface area contributed by atoms with Crippen LogP contribution in [0.4, 0.5) is 0 Å². The highest BCUT2D eigenvalue weighted by molar-refractivity contribution is 5.33. The van der Waals surface area contributed by atoms with Crippen LogP contribution in [0.15, 0.2) is 67.3 Å². The van der Waals surface area contributed by atoms with Crippen LogP contribution >= 0.6 is 0 Å². The van der Waals surface area contributed by atoms with Crippen molar-refractivity contribution in [3.05, 3.63) is 83.9 Å². The Kier molecular flexibility index (Phi) is 6.61. The zero-order valence-electron chi connectivity index (χ0n) is 15.5. The molecule has 0 saturated carbocycles. The fraction of sp³-hybridized carbons (Fsp3) is 0.273. The van der Waals surface area contributed by atoms with Gasteiger partial charge in [-0.15, -0.1) is 0 Å². The van der Waals surface area contributed by atoms with E-state index in [4.69, 9.17) is 10.00 Å². The third-order valence-corrected chi connectivity index (χ3v) is 4.26. The van der Waals surface area contributed by atoms with Crippen molar-refractivity contribution in [2.24, 2.45) is 5.92 Å². The highest BCUT2D eigenvalue weighted by atomic mass is 16.5. The van der Waals surface area contributed by atoms with E-state index >= 15 is 0 Å². The van der Waals surface area contributed by atoms with Crippen LogP contribution in [-0.4, -0.2) is 16.1 Å². The smallest absolute Gasteiger partial charge is 0.120 e. The second-order valence-electron chi connectivity index (χ2n) is 6.74. The summed E-state index contributed by atoms with van der Waals surface area (Å²) >= 11 is 0. The summed E-state index contributed by atoms with van der Waals surface area (Å²) in [6, 6.07) is 17.8. The van der Waals surface area contributed by atoms with E-state index in [1.54, 1.807) is 6.07 Å². The van der Waals surface area contributed by atoms with Crippen LogP contribution in [0.25, 0.3) is 0 Å². The minimum absolute atomic E-state index is 0.453. The maximum atomic E-state index is 8.97. The molecule has 1 atom stereocenters. The summed E-state index contributed by atoms with van der Waals surface area (Å²) in [5.74, 6) is 1.36. The molecule has 0 radical (unpaired) electrons. The Morgan fingerprint density at radius 3 is 2.85 bits per heavy atom. The van der Waals surface area contributed by atoms with Gasteiger partial charge in [0.05, 0.1) is 18.0 Å². The van der Waals surface area contributed by atoms with Crippen LogP contribution in [0.3, 0.4) is 0 Å². The molecule has 0 saturated heterocycles. The van der Waals surface area contributed by atoms with Crippen molar-refractivity contribution in [1.29, 1.82) is 5.26 Å². The number of rotatable bonds is 9. The van der Waals surface area contributed by atoms with Gasteiger partial charge in [-0.2, -0.15) is 5.26 Å². The molecule has 0 fully saturated rings. The summed E-state index contributed by atoms with van der Waals surface area (Å²) in [7, 11) is 0. The van der Waals surface area contributed by atoms with Crippen molar-refractivity contribution in [3.8, 4) is 11.8 Å². The molecule has 5 heteroatoms. The van der Waals surface area contributed by atoms with Crippen molar-refractivity contribution < 1.29 is 4.74 Å². The molecular weight excluding hydrogens is 336 g/mol. The quantitative estimate of drug-likeness (QED) is 0.631. The molecule has 3 aromatic rings. The van der Waals surface area contributed by atoms with Gasteiger partial charge in [0.1, 0.15) is 12.4 Å². The van der Waals surface area contributed by atoms with E-state index in [-0.39, 0.29) is 0 Å². The molecule has 0 aliphatic rings. The summed E-state index contributed by atoms with van der Waals surface area (Å²) in [5.41, 5.74) is 2.83. The number of benzene rings is 2. The lowest BCUT2D eigenvalue weighted by atomic mass is 10.1. The predicted octanol–water partition coefficient (Wildman–Crippen LogP) is 3.76. The third kappa shape index (κ3) is 5.98. The van der Waals surface area contributed by atoms with Gasteiger partial charge in [0, 0.05) is 25.5 Å². The average Bonchev–Trinajstić information content (AvgIpc) is 3.20. The van der Waals surface area contributed by atoms with Gasteiger partial charge in [-0.25, -0.2) is 4.98 Å². The van der Waals surface area contributed by atoms with Crippen LogP contribution in [0.5, 0.6) is 5.75 Å². The number of nitrogens with one attached hydrogen (secondary N) is 1. The minimum Gasteiger partial charge on any atom is -0.489 e. The van der Waals surface area contributed by atoms with E-state index < -0.39 is 0 Å². The predicted molar refractivity (Wildman–Crippen MR) is 105 cm³/mol. The molecule has 2 aromatic carbocycles. The first-order chi connectivity index (χ1) is 13.2. The van der Waals surface area contributed by atoms with E-state index in [0.29, 0.717) is 18.1 Å². The standard InChI is InChI=1S/C22H24N4O/c1-18(15-26-9-8-24-17-26)13-25-14-20-5-3-7-22(11-20)27-16-21-6-2-4-19(10-21)12-23/h2-11,17-18,25H,13-16H2,1H3. The Hall–Kier alpha value is -3.10. The molecule has 1 N–H and O–H groups in total. The monoisotopic (exact) mass is 360 g/mol. The molecule has 5 nitrogen and oxygen atoms in total. The van der Waals surface area contributed by atoms with Crippen LogP contribution in [0.2, 0.25) is 0 Å². The maximum Gasteiger partial charge on any atom is 0.120 e. The molecule has 0 aliphatic heterocycles. The molecule has 1 aromatic heterocycles. The summed E-state index contributed by atoms with van der Waals surface area (Å²) in [6.07, 6.45) is 5.65. The van der Waals surface area contributed by atoms with Crippen LogP contribution < -0.4 is 10.1 Å². The number of aromatic nitrogens is 2. The number of nitriles is 1. The average molecular weight is 360 g/mol. The van der Waals surface area contributed by atoms with Gasteiger partial charge in [0.15, 0.2) is 0 Å². The molecule has 1 unspecified atom stereocenters. The molecule has 0 aliphatic carbocycles. The van der Waals surface area contributed by atoms with Gasteiger partial charge in [0.25, 0.3) is 0 Å². The van der Waals surface area contributed by atoms with Crippen molar-refractivity contribution in [1.82, 2.24) is 14.9 Å². The van der Waals surface area contributed by atoms with Crippen molar-refractivity contribution in [3.63, 3.8) is 0 Å². The first kappa shape index (κ1) is 18.7. The lowest BCUT2D eigenvalue weighted by Crippen LogP contribution is -2.23. The van der Waals surface area contributed by atoms with Gasteiger partial charge in [0.2, 0.25) is 0 Å². The summed E-state index contributed by atoms with van der Waals surface area (Å²) < 4.78 is 7.98. The molecule has 138 valence electrons. The maximum absolute atomic E-state index is 8.97. The number of nitrogens with zero attached hydrogens (tertiary/aromatic N) is 3. The van der Waals surface area contributed by atoms with Crippen molar-refractivity contribution in [2.45, 2.75) is 26.6 Å². The molecular formula is C22H24N4O. The molecule has 3 rings (SSSR count). The highest BCUT2D eigenvalue weighted by Gasteiger charge is 2.04. The summed E-state index contributed by atoms with van der Waals surface area (Å²) in [5, 5.41) is 12.5. The van der Waals surface area contributed by atoms with Gasteiger partial charge >= 0.3 is 0 Å². The van der Waals surface area contributed by atoms with Crippen LogP contribution in [-0.2, 0) is 19.7 Å². The van der Waals surface area contributed by atoms with Gasteiger partial charge in [-0.05, 0) is 47.9 Å². The molecule has 0 spiro atoms. The number of hydrogen-bond donors (Lipinski definition) is 1. The zero-order chi connectivity index (χ0) is 18.9. The van der Waals surface area contributed by atoms with Crippen LogP contribution in [0.1, 0.15) is 23.6 Å². The third-order valence-electron chi connectivity index (χ3n) is 4.26. The van der Waals surface area contributed by atoms with E-state index in [2.05, 4.69) is 40.0 Å². The Morgan fingerprint density at radius 1 is 1.19 bits per heavy atom. The fourth-order valence-electron chi connectivity index (χ4n) is 2.92. The van der Waals surface area contributed by atoms with Gasteiger partial charge < -0.3 is 14.6 Å². The SMILES string of the molecule is CC(CNCc1cccc(OCc2cccc(C#N)c2)c1)Cn1ccnc1. The van der Waals surface area contributed by atoms with E-state index in [0.717, 1.165) is 30.9 Å². The molecule has 27 heavy (non-hydrogen) atoms. The highest BCUT2D eigenvalue weighted by Crippen LogP contribution is 2.16. The number of imidazole rings is 1. The lowest BCUT2D eigenvalue weighted by molar-refractivity contribution is 0.306. The van der Waals surface area contributed by atoms with Crippen molar-refractivity contribution in [2.75, 3.05) is 6.54 Å². The zero-order valence-corrected chi connectivity index (χ0v) is 15.5. The van der Waals surface area contributed by atoms with E-state index in [9.17, 15) is 0 Å². The van der Waals surface area contributed by atoms with Gasteiger partial charge in [-0.3, -0.25) is 0 Å². The van der Waals surface area contributed by atoms with Crippen molar-refractivity contribution >= 4 is 0 Å². The second kappa shape index (κ2) is 9.56. The lowest BCUT2D eigenvalue weighted by Gasteiger charge is -2.14. The summed E-state index contributed by atoms with van der Waals surface area (Å²) in [6.45, 7) is 5.37. The number of hydrogen-bond acceptors (Lipinski definition) is 4. The largest absolute Gasteiger partial charge is 0.489 e. The van der Waals surface area contributed by atoms with Crippen LogP contribution in [0, 0.1) is 17.2 Å². The molecule has 1 heterocycles. The summed E-state index contributed by atoms with van der Waals surface area (Å²) in [4.78, 5) is 4.07. The fourth-order valence-corrected chi connectivity index (χ4v) is 2.92. The van der Waals surface area contributed by atoms with E-state index in [1.165, 1.54) is 5.56 Å².